The molecule has 8 nitrogen and oxygen atoms in total. The predicted molar refractivity (Wildman–Crippen MR) is 70.9 cm³/mol. The Labute approximate surface area is 118 Å². The fourth-order valence-electron chi connectivity index (χ4n) is 2.14. The number of hydrogen-bond donors (Lipinski definition) is 3. The lowest BCUT2D eigenvalue weighted by Crippen LogP contribution is -2.54. The molecular weight excluding hydrogens is 266 g/mol. The normalized spacial score (nSPS) is 16.2. The number of carbonyl (C=O) groups is 2. The van der Waals surface area contributed by atoms with Gasteiger partial charge in [0.2, 0.25) is 0 Å². The molecule has 0 aromatic rings. The number of carbonyl (C=O) groups excluding carboxylic acids is 2. The lowest BCUT2D eigenvalue weighted by atomic mass is 10.3. The molecular formula is C12H23N3O5. The van der Waals surface area contributed by atoms with Crippen molar-refractivity contribution in [2.75, 3.05) is 65.6 Å². The lowest BCUT2D eigenvalue weighted by Gasteiger charge is -2.34. The Hall–Kier alpha value is -1.22. The molecule has 0 radical (unpaired) electrons. The second-order valence-corrected chi connectivity index (χ2v) is 4.60. The highest BCUT2D eigenvalue weighted by atomic mass is 16.3. The van der Waals surface area contributed by atoms with Crippen LogP contribution in [0.5, 0.6) is 0 Å². The van der Waals surface area contributed by atoms with Gasteiger partial charge in [-0.15, -0.1) is 0 Å². The Balaban J connectivity index is 2.50. The van der Waals surface area contributed by atoms with Crippen LogP contribution in [0.25, 0.3) is 0 Å². The zero-order chi connectivity index (χ0) is 15.0. The van der Waals surface area contributed by atoms with E-state index >= 15 is 0 Å². The zero-order valence-electron chi connectivity index (χ0n) is 11.6. The average Bonchev–Trinajstić information content (AvgIpc) is 2.47. The van der Waals surface area contributed by atoms with Gasteiger partial charge in [0.1, 0.15) is 0 Å². The van der Waals surface area contributed by atoms with E-state index in [9.17, 15) is 9.59 Å². The summed E-state index contributed by atoms with van der Waals surface area (Å²) in [5.41, 5.74) is 0. The van der Waals surface area contributed by atoms with Crippen molar-refractivity contribution >= 4 is 11.8 Å². The topological polar surface area (TPSA) is 105 Å². The van der Waals surface area contributed by atoms with Crippen LogP contribution >= 0.6 is 0 Å². The molecule has 0 aliphatic carbocycles. The van der Waals surface area contributed by atoms with Gasteiger partial charge in [0.15, 0.2) is 0 Å². The van der Waals surface area contributed by atoms with Gasteiger partial charge in [-0.1, -0.05) is 0 Å². The van der Waals surface area contributed by atoms with E-state index < -0.39 is 11.8 Å². The van der Waals surface area contributed by atoms with Crippen molar-refractivity contribution in [3.63, 3.8) is 0 Å². The van der Waals surface area contributed by atoms with Crippen molar-refractivity contribution in [3.05, 3.63) is 0 Å². The molecule has 1 aliphatic rings. The summed E-state index contributed by atoms with van der Waals surface area (Å²) in [4.78, 5) is 28.7. The van der Waals surface area contributed by atoms with Crippen LogP contribution < -0.4 is 0 Å². The van der Waals surface area contributed by atoms with Crippen LogP contribution in [0.15, 0.2) is 0 Å². The second kappa shape index (κ2) is 8.85. The highest BCUT2D eigenvalue weighted by molar-refractivity contribution is 6.34. The van der Waals surface area contributed by atoms with E-state index in [2.05, 4.69) is 0 Å². The first-order chi connectivity index (χ1) is 9.63. The Morgan fingerprint density at radius 3 is 1.90 bits per heavy atom. The van der Waals surface area contributed by atoms with Crippen molar-refractivity contribution in [1.29, 1.82) is 0 Å². The zero-order valence-corrected chi connectivity index (χ0v) is 11.6. The summed E-state index contributed by atoms with van der Waals surface area (Å²) in [6.45, 7) is 2.36. The standard InChI is InChI=1S/C12H23N3O5/c16-8-5-13-1-3-14(4-2-13)11(19)12(20)15(6-9-17)7-10-18/h16-18H,1-10H2. The van der Waals surface area contributed by atoms with Crippen LogP contribution in [-0.2, 0) is 9.59 Å². The second-order valence-electron chi connectivity index (χ2n) is 4.60. The number of piperazine rings is 1. The van der Waals surface area contributed by atoms with Gasteiger partial charge in [0, 0.05) is 45.8 Å². The molecule has 1 heterocycles. The van der Waals surface area contributed by atoms with Crippen molar-refractivity contribution in [2.24, 2.45) is 0 Å². The SMILES string of the molecule is O=C(C(=O)N1CCN(CCO)CC1)N(CCO)CCO. The Bertz CT molecular complexity index is 312. The molecule has 1 saturated heterocycles. The van der Waals surface area contributed by atoms with Gasteiger partial charge in [-0.05, 0) is 0 Å². The first-order valence-electron chi connectivity index (χ1n) is 6.77. The van der Waals surface area contributed by atoms with Crippen molar-refractivity contribution in [2.45, 2.75) is 0 Å². The molecule has 0 atom stereocenters. The largest absolute Gasteiger partial charge is 0.395 e. The van der Waals surface area contributed by atoms with Gasteiger partial charge in [-0.3, -0.25) is 14.5 Å². The van der Waals surface area contributed by atoms with Gasteiger partial charge < -0.3 is 25.1 Å². The molecule has 0 bridgehead atoms. The van der Waals surface area contributed by atoms with Crippen molar-refractivity contribution < 1.29 is 24.9 Å². The van der Waals surface area contributed by atoms with Gasteiger partial charge in [0.25, 0.3) is 0 Å². The summed E-state index contributed by atoms with van der Waals surface area (Å²) in [6, 6.07) is 0. The molecule has 116 valence electrons. The molecule has 0 unspecified atom stereocenters. The highest BCUT2D eigenvalue weighted by Gasteiger charge is 2.28. The fourth-order valence-corrected chi connectivity index (χ4v) is 2.14. The summed E-state index contributed by atoms with van der Waals surface area (Å²) in [7, 11) is 0. The molecule has 0 saturated carbocycles. The van der Waals surface area contributed by atoms with E-state index in [1.165, 1.54) is 4.90 Å². The molecule has 1 aliphatic heterocycles. The molecule has 20 heavy (non-hydrogen) atoms. The monoisotopic (exact) mass is 289 g/mol. The van der Waals surface area contributed by atoms with Crippen LogP contribution in [-0.4, -0.2) is 107 Å². The molecule has 3 N–H and O–H groups in total. The van der Waals surface area contributed by atoms with Gasteiger partial charge >= 0.3 is 11.8 Å². The van der Waals surface area contributed by atoms with Crippen molar-refractivity contribution in [3.8, 4) is 0 Å². The number of hydrogen-bond acceptors (Lipinski definition) is 6. The molecule has 1 rings (SSSR count). The third kappa shape index (κ3) is 4.71. The van der Waals surface area contributed by atoms with E-state index in [-0.39, 0.29) is 32.9 Å². The smallest absolute Gasteiger partial charge is 0.312 e. The van der Waals surface area contributed by atoms with Crippen LogP contribution in [0.4, 0.5) is 0 Å². The van der Waals surface area contributed by atoms with Gasteiger partial charge in [-0.2, -0.15) is 0 Å². The maximum atomic E-state index is 12.1. The Kier molecular flexibility index (Phi) is 7.45. The predicted octanol–water partition coefficient (Wildman–Crippen LogP) is -3.06. The fraction of sp³-hybridized carbons (Fsp3) is 0.833. The third-order valence-electron chi connectivity index (χ3n) is 3.29. The highest BCUT2D eigenvalue weighted by Crippen LogP contribution is 2.04. The minimum Gasteiger partial charge on any atom is -0.395 e. The van der Waals surface area contributed by atoms with Crippen LogP contribution in [0.2, 0.25) is 0 Å². The average molecular weight is 289 g/mol. The maximum absolute atomic E-state index is 12.1. The summed E-state index contributed by atoms with van der Waals surface area (Å²) in [5, 5.41) is 26.6. The van der Waals surface area contributed by atoms with Crippen LogP contribution in [0.1, 0.15) is 0 Å². The van der Waals surface area contributed by atoms with E-state index in [1.807, 2.05) is 4.90 Å². The number of β-amino-alcohol motifs (C(OH)–C–C–N with tert-alkyl or cyclic N) is 1. The van der Waals surface area contributed by atoms with Crippen LogP contribution in [0.3, 0.4) is 0 Å². The first kappa shape index (κ1) is 16.8. The molecule has 0 aromatic heterocycles. The van der Waals surface area contributed by atoms with Crippen LogP contribution in [0, 0.1) is 0 Å². The van der Waals surface area contributed by atoms with Crippen molar-refractivity contribution in [1.82, 2.24) is 14.7 Å². The van der Waals surface area contributed by atoms with Gasteiger partial charge in [-0.25, -0.2) is 0 Å². The summed E-state index contributed by atoms with van der Waals surface area (Å²) in [5.74, 6) is -1.29. The van der Waals surface area contributed by atoms with Gasteiger partial charge in [0.05, 0.1) is 19.8 Å². The molecule has 0 aromatic carbocycles. The number of nitrogens with zero attached hydrogens (tertiary/aromatic N) is 3. The lowest BCUT2D eigenvalue weighted by molar-refractivity contribution is -0.153. The van der Waals surface area contributed by atoms with E-state index in [0.717, 1.165) is 4.90 Å². The maximum Gasteiger partial charge on any atom is 0.312 e. The van der Waals surface area contributed by atoms with E-state index in [4.69, 9.17) is 15.3 Å². The summed E-state index contributed by atoms with van der Waals surface area (Å²) >= 11 is 0. The molecule has 0 spiro atoms. The quantitative estimate of drug-likeness (QED) is 0.448. The third-order valence-corrected chi connectivity index (χ3v) is 3.29. The number of aliphatic hydroxyl groups excluding tert-OH is 3. The number of aliphatic hydroxyl groups is 3. The number of amides is 2. The Morgan fingerprint density at radius 1 is 0.900 bits per heavy atom. The molecule has 1 fully saturated rings. The molecule has 8 heteroatoms. The minimum absolute atomic E-state index is 0.0373. The minimum atomic E-state index is -0.691. The Morgan fingerprint density at radius 2 is 1.45 bits per heavy atom. The molecule has 2 amide bonds. The van der Waals surface area contributed by atoms with E-state index in [1.54, 1.807) is 0 Å². The summed E-state index contributed by atoms with van der Waals surface area (Å²) in [6.07, 6.45) is 0. The first-order valence-corrected chi connectivity index (χ1v) is 6.77. The number of rotatable bonds is 6. The van der Waals surface area contributed by atoms with E-state index in [0.29, 0.717) is 32.7 Å². The summed E-state index contributed by atoms with van der Waals surface area (Å²) < 4.78 is 0.